The lowest BCUT2D eigenvalue weighted by atomic mass is 10.2. The highest BCUT2D eigenvalue weighted by Gasteiger charge is 2.04. The van der Waals surface area contributed by atoms with Crippen molar-refractivity contribution in [1.29, 1.82) is 0 Å². The second-order valence-electron chi connectivity index (χ2n) is 4.57. The fourth-order valence-electron chi connectivity index (χ4n) is 1.85. The summed E-state index contributed by atoms with van der Waals surface area (Å²) in [4.78, 5) is 15.8. The normalized spacial score (nSPS) is 10.3. The SMILES string of the molecule is C=CCOc1ccc(/C=C/C(=O)Nc2cccnc2)cc1OC. The highest BCUT2D eigenvalue weighted by Crippen LogP contribution is 2.28. The van der Waals surface area contributed by atoms with Crippen molar-refractivity contribution in [2.45, 2.75) is 0 Å². The van der Waals surface area contributed by atoms with Crippen LogP contribution in [-0.4, -0.2) is 24.6 Å². The minimum absolute atomic E-state index is 0.232. The van der Waals surface area contributed by atoms with E-state index in [1.54, 1.807) is 55.9 Å². The van der Waals surface area contributed by atoms with Crippen LogP contribution in [0.3, 0.4) is 0 Å². The monoisotopic (exact) mass is 310 g/mol. The van der Waals surface area contributed by atoms with Crippen molar-refractivity contribution < 1.29 is 14.3 Å². The summed E-state index contributed by atoms with van der Waals surface area (Å²) < 4.78 is 10.8. The molecule has 1 aromatic carbocycles. The molecule has 1 aromatic heterocycles. The minimum atomic E-state index is -0.232. The van der Waals surface area contributed by atoms with Crippen LogP contribution in [0.1, 0.15) is 5.56 Å². The molecule has 0 fully saturated rings. The molecule has 0 unspecified atom stereocenters. The molecule has 0 aliphatic heterocycles. The van der Waals surface area contributed by atoms with Gasteiger partial charge in [-0.15, -0.1) is 0 Å². The smallest absolute Gasteiger partial charge is 0.248 e. The number of carbonyl (C=O) groups is 1. The van der Waals surface area contributed by atoms with Crippen LogP contribution in [0, 0.1) is 0 Å². The lowest BCUT2D eigenvalue weighted by Gasteiger charge is -2.09. The number of nitrogens with one attached hydrogen (secondary N) is 1. The van der Waals surface area contributed by atoms with Crippen LogP contribution in [0.2, 0.25) is 0 Å². The van der Waals surface area contributed by atoms with Gasteiger partial charge in [0.15, 0.2) is 11.5 Å². The molecule has 0 spiro atoms. The highest BCUT2D eigenvalue weighted by atomic mass is 16.5. The van der Waals surface area contributed by atoms with Gasteiger partial charge < -0.3 is 14.8 Å². The molecule has 0 saturated carbocycles. The van der Waals surface area contributed by atoms with Crippen LogP contribution in [0.4, 0.5) is 5.69 Å². The van der Waals surface area contributed by atoms with Gasteiger partial charge in [0.25, 0.3) is 0 Å². The first-order valence-corrected chi connectivity index (χ1v) is 7.03. The van der Waals surface area contributed by atoms with Gasteiger partial charge in [-0.25, -0.2) is 0 Å². The summed E-state index contributed by atoms with van der Waals surface area (Å²) in [5.41, 5.74) is 1.47. The number of amides is 1. The number of anilines is 1. The molecule has 118 valence electrons. The number of nitrogens with zero attached hydrogens (tertiary/aromatic N) is 1. The van der Waals surface area contributed by atoms with E-state index in [9.17, 15) is 4.79 Å². The van der Waals surface area contributed by atoms with Gasteiger partial charge >= 0.3 is 0 Å². The molecular weight excluding hydrogens is 292 g/mol. The maximum absolute atomic E-state index is 11.9. The van der Waals surface area contributed by atoms with Crippen molar-refractivity contribution in [2.24, 2.45) is 0 Å². The zero-order chi connectivity index (χ0) is 16.5. The van der Waals surface area contributed by atoms with Gasteiger partial charge in [-0.2, -0.15) is 0 Å². The number of pyridine rings is 1. The summed E-state index contributed by atoms with van der Waals surface area (Å²) >= 11 is 0. The van der Waals surface area contributed by atoms with Crippen molar-refractivity contribution in [3.8, 4) is 11.5 Å². The van der Waals surface area contributed by atoms with Crippen molar-refractivity contribution in [2.75, 3.05) is 19.0 Å². The predicted octanol–water partition coefficient (Wildman–Crippen LogP) is 3.31. The molecule has 1 heterocycles. The molecule has 0 atom stereocenters. The van der Waals surface area contributed by atoms with Crippen LogP contribution >= 0.6 is 0 Å². The molecule has 0 aliphatic carbocycles. The standard InChI is InChI=1S/C18H18N2O3/c1-3-11-23-16-8-6-14(12-17(16)22-2)7-9-18(21)20-15-5-4-10-19-13-15/h3-10,12-13H,1,11H2,2H3,(H,20,21)/b9-7+. The van der Waals surface area contributed by atoms with Crippen LogP contribution in [0.15, 0.2) is 61.5 Å². The third kappa shape index (κ3) is 5.00. The van der Waals surface area contributed by atoms with Gasteiger partial charge in [-0.05, 0) is 35.9 Å². The number of aromatic nitrogens is 1. The van der Waals surface area contributed by atoms with Gasteiger partial charge in [0, 0.05) is 12.3 Å². The lowest BCUT2D eigenvalue weighted by Crippen LogP contribution is -2.07. The number of carbonyl (C=O) groups excluding carboxylic acids is 1. The molecule has 2 rings (SSSR count). The van der Waals surface area contributed by atoms with Gasteiger partial charge in [0.1, 0.15) is 6.61 Å². The Hall–Kier alpha value is -3.08. The number of rotatable bonds is 7. The second kappa shape index (κ2) is 8.38. The average Bonchev–Trinajstić information content (AvgIpc) is 2.59. The molecule has 23 heavy (non-hydrogen) atoms. The van der Waals surface area contributed by atoms with Gasteiger partial charge in [0.2, 0.25) is 5.91 Å². The zero-order valence-corrected chi connectivity index (χ0v) is 12.9. The first-order chi connectivity index (χ1) is 11.2. The van der Waals surface area contributed by atoms with E-state index in [0.29, 0.717) is 23.8 Å². The first-order valence-electron chi connectivity index (χ1n) is 7.03. The Kier molecular flexibility index (Phi) is 5.94. The second-order valence-corrected chi connectivity index (χ2v) is 4.57. The number of hydrogen-bond donors (Lipinski definition) is 1. The third-order valence-corrected chi connectivity index (χ3v) is 2.90. The largest absolute Gasteiger partial charge is 0.493 e. The summed E-state index contributed by atoms with van der Waals surface area (Å²) in [5, 5.41) is 2.72. The topological polar surface area (TPSA) is 60.5 Å². The fourth-order valence-corrected chi connectivity index (χ4v) is 1.85. The van der Waals surface area contributed by atoms with E-state index in [-0.39, 0.29) is 5.91 Å². The predicted molar refractivity (Wildman–Crippen MR) is 90.6 cm³/mol. The zero-order valence-electron chi connectivity index (χ0n) is 12.9. The van der Waals surface area contributed by atoms with Crippen LogP contribution in [0.25, 0.3) is 6.08 Å². The van der Waals surface area contributed by atoms with E-state index < -0.39 is 0 Å². The number of ether oxygens (including phenoxy) is 2. The summed E-state index contributed by atoms with van der Waals surface area (Å²) in [5.74, 6) is 0.995. The third-order valence-electron chi connectivity index (χ3n) is 2.90. The molecule has 5 nitrogen and oxygen atoms in total. The quantitative estimate of drug-likeness (QED) is 0.629. The van der Waals surface area contributed by atoms with Crippen molar-refractivity contribution >= 4 is 17.7 Å². The van der Waals surface area contributed by atoms with Gasteiger partial charge in [-0.3, -0.25) is 9.78 Å². The van der Waals surface area contributed by atoms with Crippen LogP contribution in [0.5, 0.6) is 11.5 Å². The van der Waals surface area contributed by atoms with E-state index in [1.807, 2.05) is 6.07 Å². The average molecular weight is 310 g/mol. The number of methoxy groups -OCH3 is 1. The molecule has 2 aromatic rings. The highest BCUT2D eigenvalue weighted by molar-refractivity contribution is 6.01. The Morgan fingerprint density at radius 3 is 2.91 bits per heavy atom. The Balaban J connectivity index is 2.04. The fraction of sp³-hybridized carbons (Fsp3) is 0.111. The van der Waals surface area contributed by atoms with E-state index in [1.165, 1.54) is 6.08 Å². The molecule has 0 radical (unpaired) electrons. The van der Waals surface area contributed by atoms with E-state index in [2.05, 4.69) is 16.9 Å². The van der Waals surface area contributed by atoms with Crippen molar-refractivity contribution in [3.05, 3.63) is 67.0 Å². The Morgan fingerprint density at radius 1 is 1.35 bits per heavy atom. The van der Waals surface area contributed by atoms with E-state index in [0.717, 1.165) is 5.56 Å². The Morgan fingerprint density at radius 2 is 2.22 bits per heavy atom. The summed E-state index contributed by atoms with van der Waals surface area (Å²) in [7, 11) is 1.57. The van der Waals surface area contributed by atoms with Gasteiger partial charge in [0.05, 0.1) is 19.0 Å². The van der Waals surface area contributed by atoms with E-state index in [4.69, 9.17) is 9.47 Å². The molecule has 0 saturated heterocycles. The Labute approximate surface area is 135 Å². The maximum Gasteiger partial charge on any atom is 0.248 e. The number of benzene rings is 1. The van der Waals surface area contributed by atoms with Crippen molar-refractivity contribution in [1.82, 2.24) is 4.98 Å². The maximum atomic E-state index is 11.9. The molecule has 1 amide bonds. The first kappa shape index (κ1) is 16.3. The molecule has 0 aliphatic rings. The lowest BCUT2D eigenvalue weighted by molar-refractivity contribution is -0.111. The summed E-state index contributed by atoms with van der Waals surface area (Å²) in [6.07, 6.45) is 8.04. The van der Waals surface area contributed by atoms with E-state index >= 15 is 0 Å². The molecule has 5 heteroatoms. The van der Waals surface area contributed by atoms with Gasteiger partial charge in [-0.1, -0.05) is 18.7 Å². The molecule has 1 N–H and O–H groups in total. The van der Waals surface area contributed by atoms with Crippen molar-refractivity contribution in [3.63, 3.8) is 0 Å². The summed E-state index contributed by atoms with van der Waals surface area (Å²) in [6, 6.07) is 8.96. The summed E-state index contributed by atoms with van der Waals surface area (Å²) in [6.45, 7) is 4.01. The van der Waals surface area contributed by atoms with Crippen LogP contribution < -0.4 is 14.8 Å². The number of hydrogen-bond acceptors (Lipinski definition) is 4. The molecular formula is C18H18N2O3. The molecule has 0 bridgehead atoms. The van der Waals surface area contributed by atoms with Crippen LogP contribution in [-0.2, 0) is 4.79 Å². The minimum Gasteiger partial charge on any atom is -0.493 e. The Bertz CT molecular complexity index is 697.